The summed E-state index contributed by atoms with van der Waals surface area (Å²) in [5.74, 6) is 0.574. The van der Waals surface area contributed by atoms with Crippen molar-refractivity contribution in [2.45, 2.75) is 39.2 Å². The molecule has 0 saturated carbocycles. The first-order chi connectivity index (χ1) is 9.42. The summed E-state index contributed by atoms with van der Waals surface area (Å²) in [6.45, 7) is 5.79. The van der Waals surface area contributed by atoms with Gasteiger partial charge in [0.15, 0.2) is 5.69 Å². The van der Waals surface area contributed by atoms with Crippen molar-refractivity contribution < 1.29 is 4.79 Å². The van der Waals surface area contributed by atoms with Crippen LogP contribution in [0.5, 0.6) is 0 Å². The SMILES string of the molecule is CNc1cnc(C(C)C)nc1C(=O)N(C)C(C)CC#N. The molecule has 0 saturated heterocycles. The number of anilines is 1. The summed E-state index contributed by atoms with van der Waals surface area (Å²) < 4.78 is 0. The van der Waals surface area contributed by atoms with Gasteiger partial charge in [0.2, 0.25) is 0 Å². The average molecular weight is 275 g/mol. The van der Waals surface area contributed by atoms with Crippen LogP contribution in [0, 0.1) is 11.3 Å². The van der Waals surface area contributed by atoms with E-state index in [4.69, 9.17) is 5.26 Å². The number of nitrogens with one attached hydrogen (secondary N) is 1. The summed E-state index contributed by atoms with van der Waals surface area (Å²) in [6, 6.07) is 1.91. The Balaban J connectivity index is 3.13. The fourth-order valence-electron chi connectivity index (χ4n) is 1.66. The topological polar surface area (TPSA) is 81.9 Å². The molecule has 1 unspecified atom stereocenters. The smallest absolute Gasteiger partial charge is 0.274 e. The van der Waals surface area contributed by atoms with E-state index in [1.807, 2.05) is 20.8 Å². The highest BCUT2D eigenvalue weighted by atomic mass is 16.2. The van der Waals surface area contributed by atoms with Crippen molar-refractivity contribution in [3.05, 3.63) is 17.7 Å². The largest absolute Gasteiger partial charge is 0.385 e. The maximum atomic E-state index is 12.5. The van der Waals surface area contributed by atoms with Crippen LogP contribution >= 0.6 is 0 Å². The van der Waals surface area contributed by atoms with Gasteiger partial charge in [-0.2, -0.15) is 5.26 Å². The highest BCUT2D eigenvalue weighted by Crippen LogP contribution is 2.18. The lowest BCUT2D eigenvalue weighted by Gasteiger charge is -2.23. The van der Waals surface area contributed by atoms with Gasteiger partial charge in [-0.05, 0) is 6.92 Å². The number of hydrogen-bond acceptors (Lipinski definition) is 5. The number of nitrogens with zero attached hydrogens (tertiary/aromatic N) is 4. The van der Waals surface area contributed by atoms with Crippen LogP contribution in [0.4, 0.5) is 5.69 Å². The minimum atomic E-state index is -0.207. The van der Waals surface area contributed by atoms with E-state index in [-0.39, 0.29) is 17.9 Å². The Hall–Kier alpha value is -2.16. The standard InChI is InChI=1S/C14H21N5O/c1-9(2)13-17-8-11(16-4)12(18-13)14(20)19(5)10(3)6-7-15/h8-10,16H,6H2,1-5H3. The van der Waals surface area contributed by atoms with Gasteiger partial charge < -0.3 is 10.2 Å². The highest BCUT2D eigenvalue weighted by molar-refractivity contribution is 5.97. The third-order valence-corrected chi connectivity index (χ3v) is 3.16. The van der Waals surface area contributed by atoms with Crippen LogP contribution < -0.4 is 5.32 Å². The molecule has 0 aromatic carbocycles. The third-order valence-electron chi connectivity index (χ3n) is 3.16. The first-order valence-electron chi connectivity index (χ1n) is 6.61. The summed E-state index contributed by atoms with van der Waals surface area (Å²) in [6.07, 6.45) is 1.91. The van der Waals surface area contributed by atoms with Crippen molar-refractivity contribution in [3.8, 4) is 6.07 Å². The van der Waals surface area contributed by atoms with Crippen molar-refractivity contribution >= 4 is 11.6 Å². The molecule has 0 aliphatic carbocycles. The maximum Gasteiger partial charge on any atom is 0.274 e. The van der Waals surface area contributed by atoms with Gasteiger partial charge >= 0.3 is 0 Å². The molecule has 0 spiro atoms. The Labute approximate surface area is 119 Å². The predicted molar refractivity (Wildman–Crippen MR) is 77.5 cm³/mol. The molecule has 1 amide bonds. The number of carbonyl (C=O) groups is 1. The first kappa shape index (κ1) is 15.9. The molecule has 6 nitrogen and oxygen atoms in total. The normalized spacial score (nSPS) is 11.8. The molecule has 0 radical (unpaired) electrons. The average Bonchev–Trinajstić information content (AvgIpc) is 2.45. The van der Waals surface area contributed by atoms with Gasteiger partial charge in [0.25, 0.3) is 5.91 Å². The minimum Gasteiger partial charge on any atom is -0.385 e. The number of rotatable bonds is 5. The second-order valence-electron chi connectivity index (χ2n) is 5.02. The van der Waals surface area contributed by atoms with Crippen molar-refractivity contribution in [2.75, 3.05) is 19.4 Å². The molecule has 1 rings (SSSR count). The van der Waals surface area contributed by atoms with Gasteiger partial charge in [-0.25, -0.2) is 9.97 Å². The molecular weight excluding hydrogens is 254 g/mol. The number of carbonyl (C=O) groups excluding carboxylic acids is 1. The second kappa shape index (κ2) is 6.85. The number of hydrogen-bond donors (Lipinski definition) is 1. The van der Waals surface area contributed by atoms with Gasteiger partial charge in [-0.3, -0.25) is 4.79 Å². The van der Waals surface area contributed by atoms with Crippen LogP contribution in [-0.2, 0) is 0 Å². The van der Waals surface area contributed by atoms with Gasteiger partial charge in [0.1, 0.15) is 5.82 Å². The quantitative estimate of drug-likeness (QED) is 0.889. The molecule has 0 aliphatic heterocycles. The van der Waals surface area contributed by atoms with Gasteiger partial charge in [0, 0.05) is 26.1 Å². The summed E-state index contributed by atoms with van der Waals surface area (Å²) in [7, 11) is 3.41. The Bertz CT molecular complexity index is 521. The van der Waals surface area contributed by atoms with Gasteiger partial charge in [-0.15, -0.1) is 0 Å². The Kier molecular flexibility index (Phi) is 5.44. The number of aromatic nitrogens is 2. The van der Waals surface area contributed by atoms with Crippen LogP contribution in [0.25, 0.3) is 0 Å². The zero-order chi connectivity index (χ0) is 15.3. The highest BCUT2D eigenvalue weighted by Gasteiger charge is 2.22. The zero-order valence-corrected chi connectivity index (χ0v) is 12.6. The Morgan fingerprint density at radius 2 is 2.15 bits per heavy atom. The summed E-state index contributed by atoms with van der Waals surface area (Å²) in [5, 5.41) is 11.7. The Morgan fingerprint density at radius 3 is 2.65 bits per heavy atom. The number of nitriles is 1. The van der Waals surface area contributed by atoms with Gasteiger partial charge in [0.05, 0.1) is 24.4 Å². The molecular formula is C14H21N5O. The monoisotopic (exact) mass is 275 g/mol. The molecule has 6 heteroatoms. The lowest BCUT2D eigenvalue weighted by molar-refractivity contribution is 0.0741. The molecule has 0 bridgehead atoms. The zero-order valence-electron chi connectivity index (χ0n) is 12.6. The van der Waals surface area contributed by atoms with Crippen LogP contribution in [0.3, 0.4) is 0 Å². The lowest BCUT2D eigenvalue weighted by Crippen LogP contribution is -2.36. The van der Waals surface area contributed by atoms with Crippen molar-refractivity contribution in [3.63, 3.8) is 0 Å². The van der Waals surface area contributed by atoms with Crippen LogP contribution in [-0.4, -0.2) is 40.9 Å². The summed E-state index contributed by atoms with van der Waals surface area (Å²) >= 11 is 0. The molecule has 1 aromatic rings. The van der Waals surface area contributed by atoms with E-state index in [1.54, 1.807) is 20.3 Å². The molecule has 1 atom stereocenters. The molecule has 0 fully saturated rings. The minimum absolute atomic E-state index is 0.147. The van der Waals surface area contributed by atoms with E-state index in [0.717, 1.165) is 0 Å². The van der Waals surface area contributed by atoms with Crippen molar-refractivity contribution in [1.82, 2.24) is 14.9 Å². The van der Waals surface area contributed by atoms with Crippen LogP contribution in [0.1, 0.15) is 49.4 Å². The summed E-state index contributed by atoms with van der Waals surface area (Å²) in [5.41, 5.74) is 0.939. The maximum absolute atomic E-state index is 12.5. The van der Waals surface area contributed by atoms with Gasteiger partial charge in [-0.1, -0.05) is 13.8 Å². The van der Waals surface area contributed by atoms with Crippen molar-refractivity contribution in [2.24, 2.45) is 0 Å². The predicted octanol–water partition coefficient (Wildman–Crippen LogP) is 2.02. The van der Waals surface area contributed by atoms with E-state index in [1.165, 1.54) is 4.90 Å². The van der Waals surface area contributed by atoms with Crippen LogP contribution in [0.15, 0.2) is 6.20 Å². The summed E-state index contributed by atoms with van der Waals surface area (Å²) in [4.78, 5) is 22.6. The molecule has 0 aliphatic rings. The lowest BCUT2D eigenvalue weighted by atomic mass is 10.1. The van der Waals surface area contributed by atoms with E-state index in [2.05, 4.69) is 21.4 Å². The molecule has 1 aromatic heterocycles. The van der Waals surface area contributed by atoms with Crippen LogP contribution in [0.2, 0.25) is 0 Å². The first-order valence-corrected chi connectivity index (χ1v) is 6.61. The fraction of sp³-hybridized carbons (Fsp3) is 0.571. The molecule has 20 heavy (non-hydrogen) atoms. The van der Waals surface area contributed by atoms with E-state index in [0.29, 0.717) is 23.6 Å². The number of amides is 1. The third kappa shape index (κ3) is 3.44. The molecule has 108 valence electrons. The molecule has 1 heterocycles. The fourth-order valence-corrected chi connectivity index (χ4v) is 1.66. The molecule has 1 N–H and O–H groups in total. The van der Waals surface area contributed by atoms with E-state index < -0.39 is 0 Å². The second-order valence-corrected chi connectivity index (χ2v) is 5.02. The van der Waals surface area contributed by atoms with E-state index in [9.17, 15) is 4.79 Å². The Morgan fingerprint density at radius 1 is 1.50 bits per heavy atom. The van der Waals surface area contributed by atoms with Crippen molar-refractivity contribution in [1.29, 1.82) is 5.26 Å². The van der Waals surface area contributed by atoms with E-state index >= 15 is 0 Å².